The maximum absolute atomic E-state index is 12.2. The van der Waals surface area contributed by atoms with E-state index in [4.69, 9.17) is 4.74 Å². The zero-order valence-corrected chi connectivity index (χ0v) is 17.1. The van der Waals surface area contributed by atoms with Gasteiger partial charge in [0.2, 0.25) is 5.91 Å². The summed E-state index contributed by atoms with van der Waals surface area (Å²) in [5, 5.41) is 12.6. The fraction of sp³-hybridized carbons (Fsp3) is 0.727. The fourth-order valence-corrected chi connectivity index (χ4v) is 5.36. The van der Waals surface area contributed by atoms with Gasteiger partial charge in [0.25, 0.3) is 0 Å². The van der Waals surface area contributed by atoms with Gasteiger partial charge >= 0.3 is 0 Å². The number of amides is 1. The molecule has 2 N–H and O–H groups in total. The van der Waals surface area contributed by atoms with Crippen LogP contribution in [-0.2, 0) is 16.1 Å². The van der Waals surface area contributed by atoms with Crippen molar-refractivity contribution < 1.29 is 14.6 Å². The summed E-state index contributed by atoms with van der Waals surface area (Å²) in [7, 11) is 0. The van der Waals surface area contributed by atoms with E-state index in [1.807, 2.05) is 12.1 Å². The number of aromatic nitrogens is 1. The molecule has 154 valence electrons. The molecular weight excluding hydrogens is 354 g/mol. The van der Waals surface area contributed by atoms with Crippen LogP contribution in [0.5, 0.6) is 0 Å². The molecule has 0 saturated carbocycles. The average Bonchev–Trinajstić information content (AvgIpc) is 3.34. The number of carbonyl (C=O) groups excluding carboxylic acids is 1. The lowest BCUT2D eigenvalue weighted by Gasteiger charge is -2.29. The Kier molecular flexibility index (Phi) is 5.61. The Balaban J connectivity index is 1.37. The summed E-state index contributed by atoms with van der Waals surface area (Å²) >= 11 is 0. The van der Waals surface area contributed by atoms with Gasteiger partial charge in [0.1, 0.15) is 5.82 Å². The average molecular weight is 388 g/mol. The normalized spacial score (nSPS) is 30.9. The number of anilines is 1. The third kappa shape index (κ3) is 3.77. The van der Waals surface area contributed by atoms with Gasteiger partial charge in [-0.15, -0.1) is 0 Å². The van der Waals surface area contributed by atoms with Crippen LogP contribution in [0, 0.1) is 17.8 Å². The van der Waals surface area contributed by atoms with E-state index >= 15 is 0 Å². The monoisotopic (exact) mass is 387 g/mol. The zero-order valence-electron chi connectivity index (χ0n) is 17.1. The van der Waals surface area contributed by atoms with E-state index in [1.165, 1.54) is 0 Å². The number of carbonyl (C=O) groups is 1. The number of aliphatic hydroxyl groups is 1. The van der Waals surface area contributed by atoms with Gasteiger partial charge in [0, 0.05) is 44.1 Å². The van der Waals surface area contributed by atoms with Crippen LogP contribution in [0.15, 0.2) is 18.3 Å². The highest BCUT2D eigenvalue weighted by atomic mass is 16.5. The first-order valence-corrected chi connectivity index (χ1v) is 10.8. The maximum atomic E-state index is 12.2. The molecule has 1 spiro atoms. The summed E-state index contributed by atoms with van der Waals surface area (Å²) in [6, 6.07) is 3.81. The van der Waals surface area contributed by atoms with E-state index < -0.39 is 0 Å². The summed E-state index contributed by atoms with van der Waals surface area (Å²) in [5.74, 6) is 2.55. The number of hydrogen-bond donors (Lipinski definition) is 2. The molecule has 3 fully saturated rings. The van der Waals surface area contributed by atoms with Crippen LogP contribution >= 0.6 is 0 Å². The quantitative estimate of drug-likeness (QED) is 0.717. The van der Waals surface area contributed by atoms with Gasteiger partial charge in [-0.25, -0.2) is 4.98 Å². The van der Waals surface area contributed by atoms with Gasteiger partial charge in [-0.2, -0.15) is 0 Å². The van der Waals surface area contributed by atoms with Gasteiger partial charge in [0.05, 0.1) is 18.3 Å². The molecule has 4 heterocycles. The number of hydrogen-bond acceptors (Lipinski definition) is 5. The Morgan fingerprint density at radius 2 is 2.36 bits per heavy atom. The van der Waals surface area contributed by atoms with E-state index in [9.17, 15) is 9.90 Å². The van der Waals surface area contributed by atoms with Gasteiger partial charge in [-0.1, -0.05) is 20.3 Å². The second kappa shape index (κ2) is 7.99. The topological polar surface area (TPSA) is 74.7 Å². The van der Waals surface area contributed by atoms with Crippen LogP contribution in [0.3, 0.4) is 0 Å². The summed E-state index contributed by atoms with van der Waals surface area (Å²) in [5.41, 5.74) is 0.796. The molecule has 1 aromatic rings. The number of fused-ring (bicyclic) bond motifs is 1. The lowest BCUT2D eigenvalue weighted by Crippen LogP contribution is -2.41. The molecule has 3 aliphatic rings. The summed E-state index contributed by atoms with van der Waals surface area (Å²) in [6.07, 6.45) is 6.90. The predicted octanol–water partition coefficient (Wildman–Crippen LogP) is 2.50. The number of ether oxygens (including phenoxy) is 1. The summed E-state index contributed by atoms with van der Waals surface area (Å²) in [4.78, 5) is 19.0. The van der Waals surface area contributed by atoms with Crippen molar-refractivity contribution in [1.29, 1.82) is 0 Å². The molecule has 28 heavy (non-hydrogen) atoms. The first kappa shape index (κ1) is 19.6. The first-order valence-electron chi connectivity index (χ1n) is 10.8. The number of aliphatic hydroxyl groups excluding tert-OH is 1. The van der Waals surface area contributed by atoms with Crippen molar-refractivity contribution in [3.8, 4) is 0 Å². The summed E-state index contributed by atoms with van der Waals surface area (Å²) in [6.45, 7) is 6.90. The Morgan fingerprint density at radius 1 is 1.50 bits per heavy atom. The van der Waals surface area contributed by atoms with Crippen LogP contribution in [0.1, 0.15) is 51.5 Å². The number of pyridine rings is 1. The molecule has 1 amide bonds. The van der Waals surface area contributed by atoms with E-state index in [0.29, 0.717) is 24.2 Å². The second-order valence-electron chi connectivity index (χ2n) is 9.18. The van der Waals surface area contributed by atoms with Gasteiger partial charge in [-0.05, 0) is 42.9 Å². The van der Waals surface area contributed by atoms with Crippen LogP contribution in [0.4, 0.5) is 5.82 Å². The molecule has 0 aromatic carbocycles. The molecule has 0 unspecified atom stereocenters. The van der Waals surface area contributed by atoms with Gasteiger partial charge < -0.3 is 20.1 Å². The number of nitrogens with one attached hydrogen (secondary N) is 1. The van der Waals surface area contributed by atoms with Gasteiger partial charge in [0.15, 0.2) is 0 Å². The molecule has 6 heteroatoms. The standard InChI is InChI=1S/C22H33N3O3/c1-15(2)4-3-5-21(27)24-11-17-18-12-25(14-22(18)8-6-19(17)28-22)20-10-16(13-26)7-9-23-20/h7,9-10,15,17-19,26H,3-6,8,11-14H2,1-2H3,(H,24,27)/t17-,18+,19+,22+/m0/s1. The second-order valence-corrected chi connectivity index (χ2v) is 9.18. The molecule has 0 radical (unpaired) electrons. The van der Waals surface area contributed by atoms with Crippen LogP contribution in [-0.4, -0.2) is 47.3 Å². The van der Waals surface area contributed by atoms with Crippen LogP contribution < -0.4 is 10.2 Å². The van der Waals surface area contributed by atoms with E-state index in [-0.39, 0.29) is 24.2 Å². The Morgan fingerprint density at radius 3 is 3.14 bits per heavy atom. The van der Waals surface area contributed by atoms with E-state index in [2.05, 4.69) is 29.0 Å². The first-order chi connectivity index (χ1) is 13.5. The molecule has 2 bridgehead atoms. The van der Waals surface area contributed by atoms with Gasteiger partial charge in [-0.3, -0.25) is 4.79 Å². The largest absolute Gasteiger partial charge is 0.392 e. The SMILES string of the molecule is CC(C)CCCC(=O)NC[C@H]1[C@H]2CN(c3cc(CO)ccn3)C[C@]23CC[C@H]1O3. The molecule has 1 aromatic heterocycles. The van der Waals surface area contributed by atoms with Crippen molar-refractivity contribution in [2.75, 3.05) is 24.5 Å². The lowest BCUT2D eigenvalue weighted by atomic mass is 9.73. The highest BCUT2D eigenvalue weighted by Gasteiger charge is 2.63. The minimum Gasteiger partial charge on any atom is -0.392 e. The summed E-state index contributed by atoms with van der Waals surface area (Å²) < 4.78 is 6.48. The van der Waals surface area contributed by atoms with Crippen LogP contribution in [0.25, 0.3) is 0 Å². The highest BCUT2D eigenvalue weighted by molar-refractivity contribution is 5.75. The fourth-order valence-electron chi connectivity index (χ4n) is 5.36. The maximum Gasteiger partial charge on any atom is 0.220 e. The van der Waals surface area contributed by atoms with Crippen molar-refractivity contribution in [3.05, 3.63) is 23.9 Å². The highest BCUT2D eigenvalue weighted by Crippen LogP contribution is 2.55. The minimum atomic E-state index is -0.0887. The Hall–Kier alpha value is -1.66. The molecule has 3 saturated heterocycles. The van der Waals surface area contributed by atoms with Crippen molar-refractivity contribution in [1.82, 2.24) is 10.3 Å². The Bertz CT molecular complexity index is 710. The molecule has 6 nitrogen and oxygen atoms in total. The predicted molar refractivity (Wildman–Crippen MR) is 108 cm³/mol. The Labute approximate surface area is 167 Å². The van der Waals surface area contributed by atoms with E-state index in [0.717, 1.165) is 56.7 Å². The molecule has 0 aliphatic carbocycles. The third-order valence-corrected chi connectivity index (χ3v) is 6.82. The van der Waals surface area contributed by atoms with E-state index in [1.54, 1.807) is 6.20 Å². The smallest absolute Gasteiger partial charge is 0.220 e. The molecule has 4 rings (SSSR count). The van der Waals surface area contributed by atoms with Crippen molar-refractivity contribution in [3.63, 3.8) is 0 Å². The molecule has 4 atom stereocenters. The molecular formula is C22H33N3O3. The third-order valence-electron chi connectivity index (χ3n) is 6.82. The zero-order chi connectivity index (χ0) is 19.7. The minimum absolute atomic E-state index is 0.0297. The molecule has 3 aliphatic heterocycles. The lowest BCUT2D eigenvalue weighted by molar-refractivity contribution is -0.121. The van der Waals surface area contributed by atoms with Crippen molar-refractivity contribution in [2.45, 2.75) is 64.3 Å². The van der Waals surface area contributed by atoms with Crippen LogP contribution in [0.2, 0.25) is 0 Å². The number of nitrogens with zero attached hydrogens (tertiary/aromatic N) is 2. The number of rotatable bonds is 8. The van der Waals surface area contributed by atoms with Crippen molar-refractivity contribution >= 4 is 11.7 Å². The van der Waals surface area contributed by atoms with Crippen molar-refractivity contribution in [2.24, 2.45) is 17.8 Å².